The molecule has 0 aromatic heterocycles. The highest BCUT2D eigenvalue weighted by molar-refractivity contribution is 5.47. The molecule has 88 valence electrons. The number of hydrogen-bond donors (Lipinski definition) is 0. The molecule has 0 fully saturated rings. The number of carbonyl (C=O) groups excluding carboxylic acids is 2. The van der Waals surface area contributed by atoms with E-state index in [-0.39, 0.29) is 0 Å². The van der Waals surface area contributed by atoms with E-state index in [0.717, 1.165) is 16.7 Å². The van der Waals surface area contributed by atoms with Crippen LogP contribution >= 0.6 is 0 Å². The van der Waals surface area contributed by atoms with Crippen LogP contribution in [0.3, 0.4) is 0 Å². The van der Waals surface area contributed by atoms with Crippen molar-refractivity contribution in [2.24, 2.45) is 9.98 Å². The van der Waals surface area contributed by atoms with Crippen molar-refractivity contribution in [3.63, 3.8) is 0 Å². The summed E-state index contributed by atoms with van der Waals surface area (Å²) in [5.74, 6) is 0. The van der Waals surface area contributed by atoms with E-state index in [1.165, 1.54) is 12.2 Å². The average Bonchev–Trinajstić information content (AvgIpc) is 2.26. The minimum Gasteiger partial charge on any atom is -0.211 e. The van der Waals surface area contributed by atoms with Crippen molar-refractivity contribution in [1.29, 1.82) is 0 Å². The van der Waals surface area contributed by atoms with Gasteiger partial charge in [-0.2, -0.15) is 9.98 Å². The van der Waals surface area contributed by atoms with Gasteiger partial charge >= 0.3 is 0 Å². The number of aliphatic imine (C=N–C) groups is 2. The maximum atomic E-state index is 10.5. The fourth-order valence-electron chi connectivity index (χ4n) is 1.79. The van der Waals surface area contributed by atoms with Gasteiger partial charge in [0.1, 0.15) is 0 Å². The molecule has 1 aromatic carbocycles. The Hall–Kier alpha value is -2.02. The largest absolute Gasteiger partial charge is 0.237 e. The fraction of sp³-hybridized carbons (Fsp3) is 0.385. The van der Waals surface area contributed by atoms with E-state index in [9.17, 15) is 9.59 Å². The van der Waals surface area contributed by atoms with Crippen molar-refractivity contribution in [3.05, 3.63) is 34.4 Å². The van der Waals surface area contributed by atoms with Crippen molar-refractivity contribution in [3.8, 4) is 0 Å². The second-order valence-corrected chi connectivity index (χ2v) is 4.11. The lowest BCUT2D eigenvalue weighted by molar-refractivity contribution is 0.490. The first-order chi connectivity index (χ1) is 7.96. The molecule has 0 aliphatic rings. The van der Waals surface area contributed by atoms with Crippen molar-refractivity contribution < 1.29 is 9.59 Å². The van der Waals surface area contributed by atoms with E-state index in [2.05, 4.69) is 9.98 Å². The minimum absolute atomic E-state index is 0.715. The minimum atomic E-state index is -1.23. The molecule has 0 saturated heterocycles. The Balaban J connectivity index is 3.55. The predicted molar refractivity (Wildman–Crippen MR) is 64.2 cm³/mol. The number of rotatable bonds is 3. The molecule has 0 saturated carbocycles. The summed E-state index contributed by atoms with van der Waals surface area (Å²) in [6.45, 7) is 7.47. The zero-order valence-corrected chi connectivity index (χ0v) is 10.4. The molecular formula is C13H14N2O2. The lowest BCUT2D eigenvalue weighted by Gasteiger charge is -2.21. The van der Waals surface area contributed by atoms with Gasteiger partial charge in [0.05, 0.1) is 0 Å². The number of benzene rings is 1. The van der Waals surface area contributed by atoms with Gasteiger partial charge in [0.25, 0.3) is 0 Å². The maximum absolute atomic E-state index is 10.5. The molecule has 0 aliphatic carbocycles. The normalized spacial score (nSPS) is 13.2. The van der Waals surface area contributed by atoms with E-state index in [0.29, 0.717) is 5.56 Å². The summed E-state index contributed by atoms with van der Waals surface area (Å²) in [7, 11) is 0. The second kappa shape index (κ2) is 4.88. The molecule has 17 heavy (non-hydrogen) atoms. The number of hydrogen-bond acceptors (Lipinski definition) is 4. The van der Waals surface area contributed by atoms with Crippen molar-refractivity contribution in [2.45, 2.75) is 33.4 Å². The Morgan fingerprint density at radius 1 is 1.00 bits per heavy atom. The molecule has 4 nitrogen and oxygen atoms in total. The Morgan fingerprint density at radius 2 is 1.53 bits per heavy atom. The van der Waals surface area contributed by atoms with Crippen LogP contribution in [0.15, 0.2) is 22.1 Å². The number of isocyanates is 2. The second-order valence-electron chi connectivity index (χ2n) is 4.11. The van der Waals surface area contributed by atoms with Crippen LogP contribution in [0.2, 0.25) is 0 Å². The maximum Gasteiger partial charge on any atom is 0.237 e. The Morgan fingerprint density at radius 3 is 2.00 bits per heavy atom. The van der Waals surface area contributed by atoms with Gasteiger partial charge in [-0.05, 0) is 44.4 Å². The summed E-state index contributed by atoms with van der Waals surface area (Å²) < 4.78 is 0. The highest BCUT2D eigenvalue weighted by Crippen LogP contribution is 2.31. The monoisotopic (exact) mass is 230 g/mol. The van der Waals surface area contributed by atoms with Gasteiger partial charge in [-0.1, -0.05) is 12.1 Å². The topological polar surface area (TPSA) is 58.9 Å². The van der Waals surface area contributed by atoms with Gasteiger partial charge in [0.2, 0.25) is 12.2 Å². The van der Waals surface area contributed by atoms with Crippen molar-refractivity contribution in [2.75, 3.05) is 0 Å². The third-order valence-electron chi connectivity index (χ3n) is 3.09. The van der Waals surface area contributed by atoms with Crippen LogP contribution < -0.4 is 0 Å². The van der Waals surface area contributed by atoms with Crippen LogP contribution in [0.1, 0.15) is 29.2 Å². The Labute approximate surface area is 100 Å². The molecule has 0 bridgehead atoms. The van der Waals surface area contributed by atoms with Crippen LogP contribution in [0, 0.1) is 20.8 Å². The quantitative estimate of drug-likeness (QED) is 0.591. The van der Waals surface area contributed by atoms with Crippen LogP contribution in [0.4, 0.5) is 0 Å². The van der Waals surface area contributed by atoms with E-state index in [1.54, 1.807) is 6.92 Å². The zero-order valence-electron chi connectivity index (χ0n) is 10.4. The molecule has 0 aliphatic heterocycles. The molecule has 0 N–H and O–H groups in total. The summed E-state index contributed by atoms with van der Waals surface area (Å²) in [6.07, 6.45) is 2.91. The third-order valence-corrected chi connectivity index (χ3v) is 3.09. The van der Waals surface area contributed by atoms with Crippen LogP contribution in [-0.4, -0.2) is 12.2 Å². The Bertz CT molecular complexity index is 519. The first-order valence-corrected chi connectivity index (χ1v) is 5.21. The molecule has 0 radical (unpaired) electrons. The van der Waals surface area contributed by atoms with Gasteiger partial charge in [-0.15, -0.1) is 0 Å². The SMILES string of the molecule is Cc1ccc(C(C)(N=C=O)N=C=O)c(C)c1C. The molecule has 1 rings (SSSR count). The molecule has 0 atom stereocenters. The molecule has 0 spiro atoms. The first kappa shape index (κ1) is 13.0. The number of aryl methyl sites for hydroxylation is 1. The highest BCUT2D eigenvalue weighted by Gasteiger charge is 2.27. The van der Waals surface area contributed by atoms with E-state index >= 15 is 0 Å². The molecule has 0 unspecified atom stereocenters. The summed E-state index contributed by atoms with van der Waals surface area (Å²) >= 11 is 0. The molecule has 1 aromatic rings. The van der Waals surface area contributed by atoms with E-state index in [4.69, 9.17) is 0 Å². The van der Waals surface area contributed by atoms with E-state index in [1.807, 2.05) is 32.9 Å². The average molecular weight is 230 g/mol. The van der Waals surface area contributed by atoms with Crippen LogP contribution in [0.5, 0.6) is 0 Å². The standard InChI is InChI=1S/C13H14N2O2/c1-9-5-6-12(11(3)10(9)2)13(4,14-7-16)15-8-17/h5-6H,1-4H3. The number of nitrogens with zero attached hydrogens (tertiary/aromatic N) is 2. The molecule has 0 heterocycles. The van der Waals surface area contributed by atoms with E-state index < -0.39 is 5.66 Å². The van der Waals surface area contributed by atoms with Crippen molar-refractivity contribution >= 4 is 12.2 Å². The summed E-state index contributed by atoms with van der Waals surface area (Å²) in [5.41, 5.74) is 2.68. The molecule has 4 heteroatoms. The zero-order chi connectivity index (χ0) is 13.1. The summed E-state index contributed by atoms with van der Waals surface area (Å²) in [4.78, 5) is 28.1. The van der Waals surface area contributed by atoms with Crippen LogP contribution in [0.25, 0.3) is 0 Å². The smallest absolute Gasteiger partial charge is 0.211 e. The van der Waals surface area contributed by atoms with Crippen LogP contribution in [-0.2, 0) is 15.3 Å². The van der Waals surface area contributed by atoms with Gasteiger partial charge < -0.3 is 0 Å². The lowest BCUT2D eigenvalue weighted by Crippen LogP contribution is -2.18. The third kappa shape index (κ3) is 2.39. The summed E-state index contributed by atoms with van der Waals surface area (Å²) in [5, 5.41) is 0. The Kier molecular flexibility index (Phi) is 3.74. The first-order valence-electron chi connectivity index (χ1n) is 5.21. The van der Waals surface area contributed by atoms with Gasteiger partial charge in [-0.3, -0.25) is 0 Å². The molecule has 0 amide bonds. The van der Waals surface area contributed by atoms with Gasteiger partial charge in [0, 0.05) is 5.56 Å². The highest BCUT2D eigenvalue weighted by atomic mass is 16.1. The van der Waals surface area contributed by atoms with Crippen molar-refractivity contribution in [1.82, 2.24) is 0 Å². The fourth-order valence-corrected chi connectivity index (χ4v) is 1.79. The lowest BCUT2D eigenvalue weighted by atomic mass is 9.92. The van der Waals surface area contributed by atoms with Gasteiger partial charge in [-0.25, -0.2) is 9.59 Å². The summed E-state index contributed by atoms with van der Waals surface area (Å²) in [6, 6.07) is 3.73. The molecular weight excluding hydrogens is 216 g/mol. The predicted octanol–water partition coefficient (Wildman–Crippen LogP) is 2.46. The van der Waals surface area contributed by atoms with Gasteiger partial charge in [0.15, 0.2) is 5.66 Å².